The van der Waals surface area contributed by atoms with Crippen molar-refractivity contribution in [3.05, 3.63) is 81.8 Å². The Bertz CT molecular complexity index is 1220. The van der Waals surface area contributed by atoms with E-state index in [1.807, 2.05) is 36.4 Å². The van der Waals surface area contributed by atoms with Gasteiger partial charge in [-0.2, -0.15) is 0 Å². The molecule has 3 aromatic heterocycles. The Morgan fingerprint density at radius 1 is 0.923 bits per heavy atom. The highest BCUT2D eigenvalue weighted by Gasteiger charge is 2.16. The maximum atomic E-state index is 12.3. The number of hydrogen-bond donors (Lipinski definition) is 1. The van der Waals surface area contributed by atoms with Gasteiger partial charge in [0.05, 0.1) is 6.20 Å². The predicted octanol–water partition coefficient (Wildman–Crippen LogP) is 3.02. The topological polar surface area (TPSA) is 69.0 Å². The van der Waals surface area contributed by atoms with Crippen LogP contribution in [-0.4, -0.2) is 14.1 Å². The van der Waals surface area contributed by atoms with Gasteiger partial charge in [0.2, 0.25) is 0 Å². The second-order valence-corrected chi connectivity index (χ2v) is 6.14. The Labute approximate surface area is 148 Å². The molecule has 0 atom stereocenters. The standard InChI is InChI=1S/C20H17N3O3/c1-22-12-17(26-13-6-4-3-5-7-13)15(10-18(22)24)16-11-23(2)20(25)19-14(16)8-9-21-19/h3-12,21H,1-2H3. The Morgan fingerprint density at radius 3 is 2.46 bits per heavy atom. The number of ether oxygens (including phenoxy) is 1. The number of nitrogens with one attached hydrogen (secondary N) is 1. The van der Waals surface area contributed by atoms with E-state index >= 15 is 0 Å². The number of nitrogens with zero attached hydrogens (tertiary/aromatic N) is 2. The Kier molecular flexibility index (Phi) is 3.73. The van der Waals surface area contributed by atoms with E-state index in [0.29, 0.717) is 22.6 Å². The molecule has 4 rings (SSSR count). The summed E-state index contributed by atoms with van der Waals surface area (Å²) in [6.45, 7) is 0. The van der Waals surface area contributed by atoms with Crippen LogP contribution in [-0.2, 0) is 14.1 Å². The molecule has 6 nitrogen and oxygen atoms in total. The van der Waals surface area contributed by atoms with Crippen LogP contribution in [0.4, 0.5) is 0 Å². The number of aromatic nitrogens is 3. The van der Waals surface area contributed by atoms with E-state index in [1.165, 1.54) is 15.2 Å². The van der Waals surface area contributed by atoms with Gasteiger partial charge in [0.15, 0.2) is 5.75 Å². The summed E-state index contributed by atoms with van der Waals surface area (Å²) in [6, 6.07) is 12.7. The predicted molar refractivity (Wildman–Crippen MR) is 101 cm³/mol. The van der Waals surface area contributed by atoms with Crippen molar-refractivity contribution in [1.29, 1.82) is 0 Å². The van der Waals surface area contributed by atoms with Gasteiger partial charge >= 0.3 is 0 Å². The van der Waals surface area contributed by atoms with E-state index in [0.717, 1.165) is 10.9 Å². The summed E-state index contributed by atoms with van der Waals surface area (Å²) >= 11 is 0. The molecular weight excluding hydrogens is 330 g/mol. The first-order chi connectivity index (χ1) is 12.5. The lowest BCUT2D eigenvalue weighted by Gasteiger charge is -2.14. The molecule has 0 saturated heterocycles. The molecule has 6 heteroatoms. The minimum atomic E-state index is -0.155. The van der Waals surface area contributed by atoms with E-state index in [1.54, 1.807) is 32.7 Å². The van der Waals surface area contributed by atoms with Gasteiger partial charge in [-0.05, 0) is 18.2 Å². The highest BCUT2D eigenvalue weighted by atomic mass is 16.5. The molecule has 130 valence electrons. The van der Waals surface area contributed by atoms with Crippen LogP contribution >= 0.6 is 0 Å². The molecule has 0 saturated carbocycles. The van der Waals surface area contributed by atoms with Crippen molar-refractivity contribution in [2.24, 2.45) is 14.1 Å². The number of aromatic amines is 1. The Hall–Kier alpha value is -3.54. The average molecular weight is 347 g/mol. The van der Waals surface area contributed by atoms with Gasteiger partial charge in [0, 0.05) is 49.1 Å². The van der Waals surface area contributed by atoms with Crippen molar-refractivity contribution in [1.82, 2.24) is 14.1 Å². The van der Waals surface area contributed by atoms with E-state index in [4.69, 9.17) is 4.74 Å². The van der Waals surface area contributed by atoms with E-state index in [2.05, 4.69) is 4.98 Å². The monoisotopic (exact) mass is 347 g/mol. The van der Waals surface area contributed by atoms with Gasteiger partial charge in [-0.3, -0.25) is 9.59 Å². The Morgan fingerprint density at radius 2 is 1.69 bits per heavy atom. The largest absolute Gasteiger partial charge is 0.455 e. The zero-order valence-corrected chi connectivity index (χ0v) is 14.4. The number of benzene rings is 1. The minimum absolute atomic E-state index is 0.122. The first-order valence-corrected chi connectivity index (χ1v) is 8.15. The van der Waals surface area contributed by atoms with Crippen LogP contribution in [0.2, 0.25) is 0 Å². The van der Waals surface area contributed by atoms with E-state index in [-0.39, 0.29) is 11.1 Å². The molecular formula is C20H17N3O3. The molecule has 0 aliphatic heterocycles. The maximum Gasteiger partial charge on any atom is 0.274 e. The van der Waals surface area contributed by atoms with Gasteiger partial charge < -0.3 is 18.9 Å². The van der Waals surface area contributed by atoms with Crippen LogP contribution in [0.5, 0.6) is 11.5 Å². The normalized spacial score (nSPS) is 11.0. The second-order valence-electron chi connectivity index (χ2n) is 6.14. The summed E-state index contributed by atoms with van der Waals surface area (Å²) in [5.74, 6) is 1.21. The minimum Gasteiger partial charge on any atom is -0.455 e. The number of fused-ring (bicyclic) bond motifs is 1. The SMILES string of the molecule is Cn1cc(Oc2ccccc2)c(-c2cn(C)c(=O)c3[nH]ccc23)cc1=O. The Balaban J connectivity index is 1.99. The molecule has 3 heterocycles. The summed E-state index contributed by atoms with van der Waals surface area (Å²) in [7, 11) is 3.36. The number of rotatable bonds is 3. The van der Waals surface area contributed by atoms with Gasteiger partial charge in [0.1, 0.15) is 11.3 Å². The number of aryl methyl sites for hydroxylation is 2. The summed E-state index contributed by atoms with van der Waals surface area (Å²) < 4.78 is 9.01. The summed E-state index contributed by atoms with van der Waals surface area (Å²) in [4.78, 5) is 27.6. The zero-order valence-electron chi connectivity index (χ0n) is 14.4. The maximum absolute atomic E-state index is 12.3. The van der Waals surface area contributed by atoms with Crippen molar-refractivity contribution in [3.63, 3.8) is 0 Å². The molecule has 1 N–H and O–H groups in total. The van der Waals surface area contributed by atoms with Crippen LogP contribution in [0.3, 0.4) is 0 Å². The summed E-state index contributed by atoms with van der Waals surface area (Å²) in [5.41, 5.74) is 1.61. The molecule has 0 radical (unpaired) electrons. The summed E-state index contributed by atoms with van der Waals surface area (Å²) in [5, 5.41) is 0.749. The van der Waals surface area contributed by atoms with Crippen LogP contribution in [0, 0.1) is 0 Å². The van der Waals surface area contributed by atoms with Crippen LogP contribution in [0.25, 0.3) is 22.0 Å². The highest BCUT2D eigenvalue weighted by molar-refractivity contribution is 5.95. The first-order valence-electron chi connectivity index (χ1n) is 8.15. The van der Waals surface area contributed by atoms with E-state index < -0.39 is 0 Å². The molecule has 0 aliphatic rings. The molecule has 0 bridgehead atoms. The molecule has 0 spiro atoms. The number of pyridine rings is 2. The number of H-pyrrole nitrogens is 1. The molecule has 4 aromatic rings. The number of hydrogen-bond acceptors (Lipinski definition) is 3. The smallest absolute Gasteiger partial charge is 0.274 e. The third-order valence-corrected chi connectivity index (χ3v) is 4.35. The van der Waals surface area contributed by atoms with Gasteiger partial charge in [-0.15, -0.1) is 0 Å². The van der Waals surface area contributed by atoms with Crippen LogP contribution in [0.15, 0.2) is 70.6 Å². The fourth-order valence-electron chi connectivity index (χ4n) is 3.00. The van der Waals surface area contributed by atoms with Crippen molar-refractivity contribution in [2.45, 2.75) is 0 Å². The third-order valence-electron chi connectivity index (χ3n) is 4.35. The summed E-state index contributed by atoms with van der Waals surface area (Å²) in [6.07, 6.45) is 5.10. The van der Waals surface area contributed by atoms with Gasteiger partial charge in [-0.25, -0.2) is 0 Å². The quantitative estimate of drug-likeness (QED) is 0.619. The van der Waals surface area contributed by atoms with Gasteiger partial charge in [0.25, 0.3) is 11.1 Å². The fourth-order valence-corrected chi connectivity index (χ4v) is 3.00. The molecule has 1 aromatic carbocycles. The highest BCUT2D eigenvalue weighted by Crippen LogP contribution is 2.35. The lowest BCUT2D eigenvalue weighted by Crippen LogP contribution is -2.18. The number of para-hydroxylation sites is 1. The lowest BCUT2D eigenvalue weighted by molar-refractivity contribution is 0.478. The van der Waals surface area contributed by atoms with Crippen molar-refractivity contribution >= 4 is 10.9 Å². The first kappa shape index (κ1) is 16.0. The molecule has 0 fully saturated rings. The van der Waals surface area contributed by atoms with Crippen molar-refractivity contribution < 1.29 is 4.74 Å². The van der Waals surface area contributed by atoms with Crippen molar-refractivity contribution in [2.75, 3.05) is 0 Å². The average Bonchev–Trinajstić information content (AvgIpc) is 3.12. The van der Waals surface area contributed by atoms with Crippen LogP contribution in [0.1, 0.15) is 0 Å². The van der Waals surface area contributed by atoms with Crippen molar-refractivity contribution in [3.8, 4) is 22.6 Å². The second kappa shape index (κ2) is 6.07. The molecule has 0 unspecified atom stereocenters. The fraction of sp³-hybridized carbons (Fsp3) is 0.100. The zero-order chi connectivity index (χ0) is 18.3. The van der Waals surface area contributed by atoms with Gasteiger partial charge in [-0.1, -0.05) is 18.2 Å². The molecule has 0 amide bonds. The van der Waals surface area contributed by atoms with Crippen LogP contribution < -0.4 is 15.9 Å². The molecule has 0 aliphatic carbocycles. The molecule has 26 heavy (non-hydrogen) atoms. The van der Waals surface area contributed by atoms with E-state index in [9.17, 15) is 9.59 Å². The lowest BCUT2D eigenvalue weighted by atomic mass is 10.0. The third kappa shape index (κ3) is 2.61.